The van der Waals surface area contributed by atoms with E-state index in [-0.39, 0.29) is 11.7 Å². The van der Waals surface area contributed by atoms with Gasteiger partial charge in [-0.1, -0.05) is 24.4 Å². The second-order valence-electron chi connectivity index (χ2n) is 8.14. The van der Waals surface area contributed by atoms with Crippen LogP contribution in [0.2, 0.25) is 0 Å². The summed E-state index contributed by atoms with van der Waals surface area (Å²) in [5.41, 5.74) is 5.11. The molecule has 4 aromatic rings. The number of rotatable bonds is 5. The number of aryl methyl sites for hydroxylation is 1. The molecular formula is C23H26N6O2. The monoisotopic (exact) mass is 418 g/mol. The molecule has 1 saturated carbocycles. The second-order valence-corrected chi connectivity index (χ2v) is 8.14. The molecule has 1 fully saturated rings. The molecule has 0 aliphatic heterocycles. The third kappa shape index (κ3) is 3.62. The minimum absolute atomic E-state index is 0.159. The molecule has 5 rings (SSSR count). The average Bonchev–Trinajstić information content (AvgIpc) is 3.52. The molecular weight excluding hydrogens is 392 g/mol. The van der Waals surface area contributed by atoms with Crippen molar-refractivity contribution in [1.29, 1.82) is 0 Å². The lowest BCUT2D eigenvalue weighted by atomic mass is 9.95. The maximum absolute atomic E-state index is 12.7. The van der Waals surface area contributed by atoms with Crippen LogP contribution in [0.1, 0.15) is 61.3 Å². The first kappa shape index (κ1) is 19.5. The van der Waals surface area contributed by atoms with Gasteiger partial charge in [-0.15, -0.1) is 0 Å². The predicted molar refractivity (Wildman–Crippen MR) is 118 cm³/mol. The van der Waals surface area contributed by atoms with E-state index in [1.165, 1.54) is 32.1 Å². The quantitative estimate of drug-likeness (QED) is 0.494. The van der Waals surface area contributed by atoms with Crippen LogP contribution in [0.4, 0.5) is 5.69 Å². The Bertz CT molecular complexity index is 1230. The summed E-state index contributed by atoms with van der Waals surface area (Å²) in [6.07, 6.45) is 9.95. The van der Waals surface area contributed by atoms with Gasteiger partial charge in [0.1, 0.15) is 5.69 Å². The van der Waals surface area contributed by atoms with Crippen LogP contribution in [-0.4, -0.2) is 30.4 Å². The van der Waals surface area contributed by atoms with Crippen molar-refractivity contribution >= 4 is 22.6 Å². The van der Waals surface area contributed by atoms with Crippen LogP contribution in [0.25, 0.3) is 22.3 Å². The van der Waals surface area contributed by atoms with Crippen LogP contribution in [0.5, 0.6) is 0 Å². The standard InChI is InChI=1S/C23H26N6O2/c1-3-29-15(2)18(13-25-29)19-12-22(31-27-19)23(30)26-16-9-10-21-20(11-16)24-14-28(21)17-7-5-4-6-8-17/h9-14,17H,3-8H2,1-2H3,(H,26,30). The first-order chi connectivity index (χ1) is 15.1. The number of nitrogens with zero attached hydrogens (tertiary/aromatic N) is 5. The molecule has 1 aromatic carbocycles. The van der Waals surface area contributed by atoms with Crippen molar-refractivity contribution in [3.05, 3.63) is 48.2 Å². The van der Waals surface area contributed by atoms with E-state index < -0.39 is 0 Å². The zero-order valence-corrected chi connectivity index (χ0v) is 17.8. The zero-order chi connectivity index (χ0) is 21.4. The molecule has 31 heavy (non-hydrogen) atoms. The Morgan fingerprint density at radius 1 is 1.23 bits per heavy atom. The number of hydrogen-bond acceptors (Lipinski definition) is 5. The van der Waals surface area contributed by atoms with Gasteiger partial charge in [-0.3, -0.25) is 9.48 Å². The van der Waals surface area contributed by atoms with Gasteiger partial charge in [-0.05, 0) is 44.9 Å². The number of amides is 1. The van der Waals surface area contributed by atoms with E-state index in [1.807, 2.05) is 43.1 Å². The summed E-state index contributed by atoms with van der Waals surface area (Å²) in [5.74, 6) is -0.183. The van der Waals surface area contributed by atoms with Crippen molar-refractivity contribution in [3.8, 4) is 11.3 Å². The van der Waals surface area contributed by atoms with Gasteiger partial charge >= 0.3 is 0 Å². The molecule has 0 bridgehead atoms. The van der Waals surface area contributed by atoms with Crippen LogP contribution < -0.4 is 5.32 Å². The van der Waals surface area contributed by atoms with Gasteiger partial charge in [-0.2, -0.15) is 5.10 Å². The summed E-state index contributed by atoms with van der Waals surface area (Å²) in [7, 11) is 0. The smallest absolute Gasteiger partial charge is 0.294 e. The van der Waals surface area contributed by atoms with Crippen LogP contribution in [0.3, 0.4) is 0 Å². The Balaban J connectivity index is 1.33. The first-order valence-corrected chi connectivity index (χ1v) is 10.9. The number of carbonyl (C=O) groups excluding carboxylic acids is 1. The highest BCUT2D eigenvalue weighted by Gasteiger charge is 2.19. The lowest BCUT2D eigenvalue weighted by Gasteiger charge is -2.23. The summed E-state index contributed by atoms with van der Waals surface area (Å²) >= 11 is 0. The predicted octanol–water partition coefficient (Wildman–Crippen LogP) is 4.97. The molecule has 0 unspecified atom stereocenters. The normalized spacial score (nSPS) is 14.9. The highest BCUT2D eigenvalue weighted by atomic mass is 16.5. The van der Waals surface area contributed by atoms with Crippen LogP contribution in [0.15, 0.2) is 41.3 Å². The van der Waals surface area contributed by atoms with Crippen molar-refractivity contribution in [2.75, 3.05) is 5.32 Å². The van der Waals surface area contributed by atoms with Crippen molar-refractivity contribution in [1.82, 2.24) is 24.5 Å². The van der Waals surface area contributed by atoms with Gasteiger partial charge < -0.3 is 14.4 Å². The molecule has 1 aliphatic carbocycles. The summed E-state index contributed by atoms with van der Waals surface area (Å²) in [5, 5.41) is 11.3. The molecule has 1 aliphatic rings. The molecule has 1 amide bonds. The van der Waals surface area contributed by atoms with Crippen molar-refractivity contribution < 1.29 is 9.32 Å². The topological polar surface area (TPSA) is 90.8 Å². The average molecular weight is 419 g/mol. The lowest BCUT2D eigenvalue weighted by Crippen LogP contribution is -2.12. The van der Waals surface area contributed by atoms with E-state index in [1.54, 1.807) is 12.3 Å². The summed E-state index contributed by atoms with van der Waals surface area (Å²) in [4.78, 5) is 17.3. The Morgan fingerprint density at radius 3 is 2.84 bits per heavy atom. The van der Waals surface area contributed by atoms with E-state index >= 15 is 0 Å². The summed E-state index contributed by atoms with van der Waals surface area (Å²) < 4.78 is 9.46. The summed E-state index contributed by atoms with van der Waals surface area (Å²) in [6.45, 7) is 4.78. The fraction of sp³-hybridized carbons (Fsp3) is 0.391. The highest BCUT2D eigenvalue weighted by molar-refractivity contribution is 6.03. The maximum atomic E-state index is 12.7. The third-order valence-corrected chi connectivity index (χ3v) is 6.21. The number of anilines is 1. The molecule has 3 aromatic heterocycles. The van der Waals surface area contributed by atoms with E-state index in [0.717, 1.165) is 28.8 Å². The number of benzene rings is 1. The lowest BCUT2D eigenvalue weighted by molar-refractivity contribution is 0.0988. The van der Waals surface area contributed by atoms with Crippen LogP contribution in [0, 0.1) is 6.92 Å². The Labute approximate surface area is 180 Å². The molecule has 3 heterocycles. The Morgan fingerprint density at radius 2 is 2.06 bits per heavy atom. The maximum Gasteiger partial charge on any atom is 0.294 e. The van der Waals surface area contributed by atoms with E-state index in [0.29, 0.717) is 17.4 Å². The molecule has 0 atom stereocenters. The van der Waals surface area contributed by atoms with Crippen molar-refractivity contribution in [2.45, 2.75) is 58.5 Å². The number of hydrogen-bond donors (Lipinski definition) is 1. The SMILES string of the molecule is CCn1ncc(-c2cc(C(=O)Nc3ccc4c(c3)ncn4C3CCCCC3)on2)c1C. The zero-order valence-electron chi connectivity index (χ0n) is 17.8. The Hall–Kier alpha value is -3.42. The fourth-order valence-electron chi connectivity index (χ4n) is 4.48. The van der Waals surface area contributed by atoms with E-state index in [4.69, 9.17) is 4.52 Å². The van der Waals surface area contributed by atoms with Gasteiger partial charge in [-0.25, -0.2) is 4.98 Å². The third-order valence-electron chi connectivity index (χ3n) is 6.21. The minimum atomic E-state index is -0.342. The van der Waals surface area contributed by atoms with Gasteiger partial charge in [0.2, 0.25) is 5.76 Å². The highest BCUT2D eigenvalue weighted by Crippen LogP contribution is 2.31. The molecule has 0 saturated heterocycles. The molecule has 8 heteroatoms. The second kappa shape index (κ2) is 8.02. The van der Waals surface area contributed by atoms with Crippen molar-refractivity contribution in [3.63, 3.8) is 0 Å². The van der Waals surface area contributed by atoms with Gasteiger partial charge in [0.15, 0.2) is 0 Å². The first-order valence-electron chi connectivity index (χ1n) is 10.9. The van der Waals surface area contributed by atoms with E-state index in [9.17, 15) is 4.79 Å². The molecule has 1 N–H and O–H groups in total. The molecule has 0 spiro atoms. The van der Waals surface area contributed by atoms with E-state index in [2.05, 4.69) is 25.1 Å². The van der Waals surface area contributed by atoms with Gasteiger partial charge in [0.05, 0.1) is 23.6 Å². The molecule has 0 radical (unpaired) electrons. The van der Waals surface area contributed by atoms with Gasteiger partial charge in [0, 0.05) is 35.6 Å². The number of fused-ring (bicyclic) bond motifs is 1. The number of aromatic nitrogens is 5. The number of nitrogens with one attached hydrogen (secondary N) is 1. The number of imidazole rings is 1. The van der Waals surface area contributed by atoms with Crippen LogP contribution >= 0.6 is 0 Å². The molecule has 160 valence electrons. The minimum Gasteiger partial charge on any atom is -0.350 e. The Kier molecular flexibility index (Phi) is 5.05. The van der Waals surface area contributed by atoms with Gasteiger partial charge in [0.25, 0.3) is 5.91 Å². The van der Waals surface area contributed by atoms with Crippen molar-refractivity contribution in [2.24, 2.45) is 0 Å². The largest absolute Gasteiger partial charge is 0.350 e. The summed E-state index contributed by atoms with van der Waals surface area (Å²) in [6, 6.07) is 8.01. The molecule has 8 nitrogen and oxygen atoms in total. The fourth-order valence-corrected chi connectivity index (χ4v) is 4.48. The van der Waals surface area contributed by atoms with Crippen LogP contribution in [-0.2, 0) is 6.54 Å². The number of carbonyl (C=O) groups is 1.